The van der Waals surface area contributed by atoms with Gasteiger partial charge in [0.25, 0.3) is 5.91 Å². The van der Waals surface area contributed by atoms with Gasteiger partial charge in [-0.3, -0.25) is 4.79 Å². The van der Waals surface area contributed by atoms with Crippen molar-refractivity contribution in [1.82, 2.24) is 0 Å². The Bertz CT molecular complexity index is 858. The molecule has 0 fully saturated rings. The highest BCUT2D eigenvalue weighted by Crippen LogP contribution is 2.24. The first kappa shape index (κ1) is 21.7. The highest BCUT2D eigenvalue weighted by Gasteiger charge is 2.21. The summed E-state index contributed by atoms with van der Waals surface area (Å²) in [6.45, 7) is 4.08. The van der Waals surface area contributed by atoms with E-state index in [-0.39, 0.29) is 22.9 Å². The summed E-state index contributed by atoms with van der Waals surface area (Å²) in [6, 6.07) is 8.33. The number of amides is 1. The van der Waals surface area contributed by atoms with Crippen molar-refractivity contribution in [2.75, 3.05) is 19.0 Å². The summed E-state index contributed by atoms with van der Waals surface area (Å²) in [5.74, 6) is -1.20. The molecule has 1 amide bonds. The molecule has 150 valence electrons. The quantitative estimate of drug-likeness (QED) is 0.661. The van der Waals surface area contributed by atoms with Gasteiger partial charge in [0, 0.05) is 12.2 Å². The van der Waals surface area contributed by atoms with E-state index in [1.165, 1.54) is 26.2 Å². The van der Waals surface area contributed by atoms with Gasteiger partial charge in [-0.05, 0) is 50.2 Å². The molecule has 0 aliphatic heterocycles. The average molecular weight is 410 g/mol. The fraction of sp³-hybridized carbons (Fsp3) is 0.300. The van der Waals surface area contributed by atoms with Crippen molar-refractivity contribution in [2.24, 2.45) is 0 Å². The van der Waals surface area contributed by atoms with E-state index >= 15 is 0 Å². The summed E-state index contributed by atoms with van der Waals surface area (Å²) in [5.41, 5.74) is 1.17. The van der Waals surface area contributed by atoms with Crippen molar-refractivity contribution in [2.45, 2.75) is 26.6 Å². The third-order valence-electron chi connectivity index (χ3n) is 3.82. The van der Waals surface area contributed by atoms with Crippen molar-refractivity contribution >= 4 is 29.2 Å². The minimum absolute atomic E-state index is 0.0441. The second kappa shape index (κ2) is 10.1. The molecule has 0 saturated heterocycles. The first-order valence-corrected chi connectivity index (χ1v) is 8.95. The summed E-state index contributed by atoms with van der Waals surface area (Å²) in [6.07, 6.45) is -1.09. The Morgan fingerprint density at radius 1 is 1.21 bits per heavy atom. The van der Waals surface area contributed by atoms with Crippen LogP contribution < -0.4 is 10.1 Å². The van der Waals surface area contributed by atoms with Gasteiger partial charge in [-0.15, -0.1) is 0 Å². The van der Waals surface area contributed by atoms with Crippen LogP contribution in [0.5, 0.6) is 5.75 Å². The number of esters is 1. The van der Waals surface area contributed by atoms with Crippen molar-refractivity contribution < 1.29 is 28.2 Å². The van der Waals surface area contributed by atoms with E-state index in [9.17, 15) is 14.0 Å². The van der Waals surface area contributed by atoms with E-state index in [0.717, 1.165) is 12.1 Å². The highest BCUT2D eigenvalue weighted by molar-refractivity contribution is 6.33. The number of halogens is 2. The second-order valence-electron chi connectivity index (χ2n) is 5.82. The normalized spacial score (nSPS) is 11.6. The van der Waals surface area contributed by atoms with Crippen LogP contribution in [0.2, 0.25) is 5.02 Å². The molecule has 2 rings (SSSR count). The molecule has 2 aromatic carbocycles. The Hall–Kier alpha value is -2.64. The zero-order chi connectivity index (χ0) is 20.7. The van der Waals surface area contributed by atoms with Crippen LogP contribution in [0.4, 0.5) is 10.1 Å². The fourth-order valence-corrected chi connectivity index (χ4v) is 2.55. The molecule has 0 unspecified atom stereocenters. The van der Waals surface area contributed by atoms with Crippen LogP contribution >= 0.6 is 11.6 Å². The molecule has 0 aromatic heterocycles. The van der Waals surface area contributed by atoms with Gasteiger partial charge in [0.05, 0.1) is 30.0 Å². The lowest BCUT2D eigenvalue weighted by Crippen LogP contribution is -2.30. The van der Waals surface area contributed by atoms with Crippen LogP contribution in [0.1, 0.15) is 29.8 Å². The van der Waals surface area contributed by atoms with Crippen molar-refractivity contribution in [3.8, 4) is 5.75 Å². The Labute approximate surface area is 167 Å². The maximum Gasteiger partial charge on any atom is 0.338 e. The van der Waals surface area contributed by atoms with Crippen LogP contribution in [0.3, 0.4) is 0 Å². The Balaban J connectivity index is 2.05. The summed E-state index contributed by atoms with van der Waals surface area (Å²) in [4.78, 5) is 24.6. The average Bonchev–Trinajstić information content (AvgIpc) is 2.67. The predicted molar refractivity (Wildman–Crippen MR) is 103 cm³/mol. The maximum absolute atomic E-state index is 13.1. The van der Waals surface area contributed by atoms with E-state index in [2.05, 4.69) is 5.32 Å². The van der Waals surface area contributed by atoms with Crippen molar-refractivity contribution in [3.63, 3.8) is 0 Å². The molecule has 1 N–H and O–H groups in total. The van der Waals surface area contributed by atoms with Crippen LogP contribution in [-0.2, 0) is 20.9 Å². The van der Waals surface area contributed by atoms with E-state index in [1.807, 2.05) is 6.92 Å². The Morgan fingerprint density at radius 2 is 1.96 bits per heavy atom. The van der Waals surface area contributed by atoms with Crippen LogP contribution in [0.25, 0.3) is 0 Å². The lowest BCUT2D eigenvalue weighted by molar-refractivity contribution is -0.123. The number of hydrogen-bond acceptors (Lipinski definition) is 5. The third kappa shape index (κ3) is 5.68. The number of carbonyl (C=O) groups excluding carboxylic acids is 2. The van der Waals surface area contributed by atoms with Gasteiger partial charge in [-0.1, -0.05) is 11.6 Å². The number of ether oxygens (including phenoxy) is 3. The molecule has 0 aliphatic carbocycles. The largest absolute Gasteiger partial charge is 0.496 e. The predicted octanol–water partition coefficient (Wildman–Crippen LogP) is 4.21. The Morgan fingerprint density at radius 3 is 2.61 bits per heavy atom. The van der Waals surface area contributed by atoms with E-state index in [0.29, 0.717) is 17.9 Å². The number of carbonyl (C=O) groups is 2. The topological polar surface area (TPSA) is 73.9 Å². The molecule has 2 aromatic rings. The molecule has 1 atom stereocenters. The molecule has 0 saturated carbocycles. The number of methoxy groups -OCH3 is 1. The van der Waals surface area contributed by atoms with Gasteiger partial charge in [0.1, 0.15) is 11.6 Å². The molecule has 0 heterocycles. The molecule has 0 spiro atoms. The fourth-order valence-electron chi connectivity index (χ4n) is 2.34. The molecular formula is C20H21ClFNO5. The van der Waals surface area contributed by atoms with E-state index in [1.54, 1.807) is 12.1 Å². The molecule has 0 radical (unpaired) electrons. The molecule has 0 bridgehead atoms. The number of anilines is 1. The molecular weight excluding hydrogens is 389 g/mol. The Kier molecular flexibility index (Phi) is 7.78. The van der Waals surface area contributed by atoms with Crippen molar-refractivity contribution in [1.29, 1.82) is 0 Å². The van der Waals surface area contributed by atoms with Gasteiger partial charge in [-0.25, -0.2) is 9.18 Å². The van der Waals surface area contributed by atoms with Gasteiger partial charge < -0.3 is 19.5 Å². The van der Waals surface area contributed by atoms with E-state index < -0.39 is 23.8 Å². The van der Waals surface area contributed by atoms with Gasteiger partial charge >= 0.3 is 5.97 Å². The number of nitrogens with one attached hydrogen (secondary N) is 1. The second-order valence-corrected chi connectivity index (χ2v) is 6.23. The highest BCUT2D eigenvalue weighted by atomic mass is 35.5. The molecule has 6 nitrogen and oxygen atoms in total. The summed E-state index contributed by atoms with van der Waals surface area (Å²) in [5, 5.41) is 2.54. The monoisotopic (exact) mass is 409 g/mol. The molecule has 0 aliphatic rings. The lowest BCUT2D eigenvalue weighted by atomic mass is 10.1. The van der Waals surface area contributed by atoms with Gasteiger partial charge in [0.2, 0.25) is 0 Å². The summed E-state index contributed by atoms with van der Waals surface area (Å²) in [7, 11) is 1.52. The van der Waals surface area contributed by atoms with Gasteiger partial charge in [0.15, 0.2) is 6.10 Å². The number of rotatable bonds is 8. The minimum atomic E-state index is -1.09. The van der Waals surface area contributed by atoms with Gasteiger partial charge in [-0.2, -0.15) is 0 Å². The standard InChI is InChI=1S/C20H21ClFNO5/c1-4-27-11-14-9-13(5-8-18(14)26-3)20(25)28-12(2)19(24)23-17-7-6-15(22)10-16(17)21/h5-10,12H,4,11H2,1-3H3,(H,23,24)/t12-/m0/s1. The lowest BCUT2D eigenvalue weighted by Gasteiger charge is -2.15. The first-order chi connectivity index (χ1) is 13.3. The smallest absolute Gasteiger partial charge is 0.338 e. The number of hydrogen-bond donors (Lipinski definition) is 1. The third-order valence-corrected chi connectivity index (χ3v) is 4.13. The zero-order valence-electron chi connectivity index (χ0n) is 15.8. The summed E-state index contributed by atoms with van der Waals surface area (Å²) < 4.78 is 28.9. The van der Waals surface area contributed by atoms with Crippen molar-refractivity contribution in [3.05, 3.63) is 58.4 Å². The van der Waals surface area contributed by atoms with E-state index in [4.69, 9.17) is 25.8 Å². The van der Waals surface area contributed by atoms with Crippen LogP contribution in [-0.4, -0.2) is 31.7 Å². The zero-order valence-corrected chi connectivity index (χ0v) is 16.5. The molecule has 28 heavy (non-hydrogen) atoms. The first-order valence-electron chi connectivity index (χ1n) is 8.57. The number of benzene rings is 2. The SMILES string of the molecule is CCOCc1cc(C(=O)O[C@@H](C)C(=O)Nc2ccc(F)cc2Cl)ccc1OC. The molecule has 8 heteroatoms. The van der Waals surface area contributed by atoms with Crippen LogP contribution in [0, 0.1) is 5.82 Å². The summed E-state index contributed by atoms with van der Waals surface area (Å²) >= 11 is 5.88. The maximum atomic E-state index is 13.1. The van der Waals surface area contributed by atoms with Crippen LogP contribution in [0.15, 0.2) is 36.4 Å². The minimum Gasteiger partial charge on any atom is -0.496 e.